The molecule has 0 aliphatic carbocycles. The number of likely N-dealkylation sites (tertiary alicyclic amines) is 1. The maximum Gasteiger partial charge on any atom is 0.193 e. The molecule has 154 valence electrons. The molecule has 2 aliphatic rings. The summed E-state index contributed by atoms with van der Waals surface area (Å²) in [5, 5.41) is 7.78. The fraction of sp³-hybridized carbons (Fsp3) is 0.789. The Balaban J connectivity index is 0.00000261. The quantitative estimate of drug-likeness (QED) is 0.388. The van der Waals surface area contributed by atoms with Crippen LogP contribution in [-0.4, -0.2) is 83.6 Å². The first-order chi connectivity index (χ1) is 12.5. The Morgan fingerprint density at radius 3 is 2.89 bits per heavy atom. The summed E-state index contributed by atoms with van der Waals surface area (Å²) < 4.78 is 7.68. The maximum absolute atomic E-state index is 5.79. The van der Waals surface area contributed by atoms with Crippen LogP contribution in [0.4, 0.5) is 0 Å². The summed E-state index contributed by atoms with van der Waals surface area (Å²) in [6, 6.07) is 0. The van der Waals surface area contributed by atoms with Gasteiger partial charge in [0.1, 0.15) is 0 Å². The van der Waals surface area contributed by atoms with Gasteiger partial charge in [-0.2, -0.15) is 5.10 Å². The van der Waals surface area contributed by atoms with Crippen molar-refractivity contribution in [1.82, 2.24) is 24.9 Å². The molecule has 1 aromatic rings. The first-order valence-corrected chi connectivity index (χ1v) is 9.85. The molecule has 27 heavy (non-hydrogen) atoms. The molecule has 3 heterocycles. The average Bonchev–Trinajstić information content (AvgIpc) is 3.22. The lowest BCUT2D eigenvalue weighted by atomic mass is 10.0. The van der Waals surface area contributed by atoms with Crippen LogP contribution in [0.3, 0.4) is 0 Å². The molecule has 3 rings (SSSR count). The highest BCUT2D eigenvalue weighted by atomic mass is 127. The van der Waals surface area contributed by atoms with Crippen LogP contribution in [0.2, 0.25) is 0 Å². The number of rotatable bonds is 5. The number of halogens is 1. The minimum atomic E-state index is -0.0433. The number of hydrogen-bond acceptors (Lipinski definition) is 4. The second-order valence-corrected chi connectivity index (χ2v) is 8.00. The number of aliphatic imine (C=N–C) groups is 1. The van der Waals surface area contributed by atoms with E-state index in [1.54, 1.807) is 0 Å². The summed E-state index contributed by atoms with van der Waals surface area (Å²) >= 11 is 0. The van der Waals surface area contributed by atoms with E-state index in [2.05, 4.69) is 47.2 Å². The molecule has 1 aromatic heterocycles. The molecule has 8 heteroatoms. The van der Waals surface area contributed by atoms with Gasteiger partial charge in [-0.3, -0.25) is 14.6 Å². The molecule has 2 fully saturated rings. The van der Waals surface area contributed by atoms with Gasteiger partial charge in [-0.05, 0) is 32.8 Å². The standard InChI is InChI=1S/C19H34N6O.HI/c1-5-20-18(21-7-9-24-10-11-26-19(2,3)15-24)25-8-6-16(14-25)17-12-22-23(4)13-17;/h12-13,16H,5-11,14-15H2,1-4H3,(H,20,21);1H. The Bertz CT molecular complexity index is 617. The topological polar surface area (TPSA) is 57.9 Å². The Kier molecular flexibility index (Phi) is 8.36. The van der Waals surface area contributed by atoms with Gasteiger partial charge in [0.2, 0.25) is 0 Å². The molecule has 1 unspecified atom stereocenters. The van der Waals surface area contributed by atoms with Crippen molar-refractivity contribution in [2.75, 3.05) is 52.4 Å². The molecule has 0 spiro atoms. The van der Waals surface area contributed by atoms with Crippen molar-refractivity contribution in [2.45, 2.75) is 38.7 Å². The zero-order valence-electron chi connectivity index (χ0n) is 17.1. The molecular weight excluding hydrogens is 455 g/mol. The largest absolute Gasteiger partial charge is 0.373 e. The molecule has 1 N–H and O–H groups in total. The van der Waals surface area contributed by atoms with Crippen molar-refractivity contribution in [2.24, 2.45) is 12.0 Å². The number of nitrogens with zero attached hydrogens (tertiary/aromatic N) is 5. The summed E-state index contributed by atoms with van der Waals surface area (Å²) in [6.07, 6.45) is 5.30. The van der Waals surface area contributed by atoms with E-state index in [0.29, 0.717) is 5.92 Å². The summed E-state index contributed by atoms with van der Waals surface area (Å²) in [5.41, 5.74) is 1.29. The second-order valence-electron chi connectivity index (χ2n) is 8.00. The van der Waals surface area contributed by atoms with Crippen LogP contribution in [0.15, 0.2) is 17.4 Å². The Labute approximate surface area is 180 Å². The minimum absolute atomic E-state index is 0. The molecule has 0 radical (unpaired) electrons. The van der Waals surface area contributed by atoms with Crippen LogP contribution in [-0.2, 0) is 11.8 Å². The van der Waals surface area contributed by atoms with Crippen molar-refractivity contribution in [3.8, 4) is 0 Å². The van der Waals surface area contributed by atoms with E-state index in [0.717, 1.165) is 64.8 Å². The smallest absolute Gasteiger partial charge is 0.193 e. The fourth-order valence-electron chi connectivity index (χ4n) is 3.90. The lowest BCUT2D eigenvalue weighted by molar-refractivity contribution is -0.0850. The first-order valence-electron chi connectivity index (χ1n) is 9.85. The summed E-state index contributed by atoms with van der Waals surface area (Å²) in [4.78, 5) is 9.75. The number of nitrogens with one attached hydrogen (secondary N) is 1. The van der Waals surface area contributed by atoms with E-state index in [9.17, 15) is 0 Å². The number of aryl methyl sites for hydroxylation is 1. The average molecular weight is 490 g/mol. The first kappa shape index (κ1) is 22.4. The fourth-order valence-corrected chi connectivity index (χ4v) is 3.90. The number of guanidine groups is 1. The number of ether oxygens (including phenoxy) is 1. The van der Waals surface area contributed by atoms with E-state index in [-0.39, 0.29) is 29.6 Å². The highest BCUT2D eigenvalue weighted by Gasteiger charge is 2.28. The Morgan fingerprint density at radius 2 is 2.22 bits per heavy atom. The number of aromatic nitrogens is 2. The highest BCUT2D eigenvalue weighted by molar-refractivity contribution is 14.0. The van der Waals surface area contributed by atoms with Gasteiger partial charge in [0.05, 0.1) is 24.9 Å². The van der Waals surface area contributed by atoms with Crippen LogP contribution in [0, 0.1) is 0 Å². The lowest BCUT2D eigenvalue weighted by Crippen LogP contribution is -2.49. The third kappa shape index (κ3) is 6.32. The third-order valence-corrected chi connectivity index (χ3v) is 5.20. The Hall–Kier alpha value is -0.870. The lowest BCUT2D eigenvalue weighted by Gasteiger charge is -2.37. The second kappa shape index (κ2) is 10.1. The van der Waals surface area contributed by atoms with Gasteiger partial charge in [0.15, 0.2) is 5.96 Å². The van der Waals surface area contributed by atoms with E-state index in [1.165, 1.54) is 5.56 Å². The molecule has 0 bridgehead atoms. The predicted octanol–water partition coefficient (Wildman–Crippen LogP) is 1.90. The van der Waals surface area contributed by atoms with Crippen LogP contribution in [0.25, 0.3) is 0 Å². The van der Waals surface area contributed by atoms with Gasteiger partial charge in [-0.25, -0.2) is 0 Å². The monoisotopic (exact) mass is 490 g/mol. The summed E-state index contributed by atoms with van der Waals surface area (Å²) in [6.45, 7) is 14.0. The molecule has 2 aliphatic heterocycles. The van der Waals surface area contributed by atoms with Gasteiger partial charge in [0.25, 0.3) is 0 Å². The third-order valence-electron chi connectivity index (χ3n) is 5.20. The van der Waals surface area contributed by atoms with Crippen molar-refractivity contribution in [3.05, 3.63) is 18.0 Å². The summed E-state index contributed by atoms with van der Waals surface area (Å²) in [7, 11) is 1.98. The molecule has 7 nitrogen and oxygen atoms in total. The predicted molar refractivity (Wildman–Crippen MR) is 120 cm³/mol. The van der Waals surface area contributed by atoms with Gasteiger partial charge in [0, 0.05) is 58.4 Å². The van der Waals surface area contributed by atoms with Gasteiger partial charge in [-0.1, -0.05) is 0 Å². The molecular formula is C19H35IN6O. The SMILES string of the molecule is CCNC(=NCCN1CCOC(C)(C)C1)N1CCC(c2cnn(C)c2)C1.I. The molecule has 0 aromatic carbocycles. The van der Waals surface area contributed by atoms with E-state index in [1.807, 2.05) is 17.9 Å². The van der Waals surface area contributed by atoms with Crippen molar-refractivity contribution < 1.29 is 4.74 Å². The van der Waals surface area contributed by atoms with Gasteiger partial charge < -0.3 is 15.0 Å². The Morgan fingerprint density at radius 1 is 1.41 bits per heavy atom. The minimum Gasteiger partial charge on any atom is -0.373 e. The van der Waals surface area contributed by atoms with Crippen molar-refractivity contribution in [1.29, 1.82) is 0 Å². The van der Waals surface area contributed by atoms with Crippen molar-refractivity contribution in [3.63, 3.8) is 0 Å². The normalized spacial score (nSPS) is 23.3. The maximum atomic E-state index is 5.79. The zero-order chi connectivity index (χ0) is 18.6. The van der Waals surface area contributed by atoms with Gasteiger partial charge >= 0.3 is 0 Å². The highest BCUT2D eigenvalue weighted by Crippen LogP contribution is 2.26. The zero-order valence-corrected chi connectivity index (χ0v) is 19.5. The molecule has 1 atom stereocenters. The van der Waals surface area contributed by atoms with Gasteiger partial charge in [-0.15, -0.1) is 24.0 Å². The van der Waals surface area contributed by atoms with E-state index < -0.39 is 0 Å². The van der Waals surface area contributed by atoms with Crippen LogP contribution >= 0.6 is 24.0 Å². The van der Waals surface area contributed by atoms with Crippen LogP contribution in [0.5, 0.6) is 0 Å². The van der Waals surface area contributed by atoms with Crippen LogP contribution in [0.1, 0.15) is 38.7 Å². The molecule has 2 saturated heterocycles. The van der Waals surface area contributed by atoms with Crippen LogP contribution < -0.4 is 5.32 Å². The molecule has 0 saturated carbocycles. The number of hydrogen-bond donors (Lipinski definition) is 1. The number of morpholine rings is 1. The molecule has 0 amide bonds. The van der Waals surface area contributed by atoms with E-state index in [4.69, 9.17) is 9.73 Å². The summed E-state index contributed by atoms with van der Waals surface area (Å²) in [5.74, 6) is 1.60. The van der Waals surface area contributed by atoms with Crippen molar-refractivity contribution >= 4 is 29.9 Å². The van der Waals surface area contributed by atoms with E-state index >= 15 is 0 Å².